The van der Waals surface area contributed by atoms with E-state index < -0.39 is 0 Å². The molecular weight excluding hydrogens is 228 g/mol. The minimum absolute atomic E-state index is 0.0579. The molecule has 0 aromatic carbocycles. The highest BCUT2D eigenvalue weighted by Crippen LogP contribution is 2.31. The number of anilines is 1. The van der Waals surface area contributed by atoms with Crippen LogP contribution < -0.4 is 5.32 Å². The number of nitrogens with one attached hydrogen (secondary N) is 1. The first kappa shape index (κ1) is 11.3. The van der Waals surface area contributed by atoms with Crippen molar-refractivity contribution in [3.63, 3.8) is 0 Å². The van der Waals surface area contributed by atoms with E-state index in [-0.39, 0.29) is 12.1 Å². The zero-order chi connectivity index (χ0) is 11.5. The predicted octanol–water partition coefficient (Wildman–Crippen LogP) is 1.48. The first-order valence-corrected chi connectivity index (χ1v) is 5.92. The van der Waals surface area contributed by atoms with Gasteiger partial charge >= 0.3 is 6.03 Å². The van der Waals surface area contributed by atoms with Crippen molar-refractivity contribution < 1.29 is 9.53 Å². The lowest BCUT2D eigenvalue weighted by Gasteiger charge is -2.08. The van der Waals surface area contributed by atoms with E-state index in [0.717, 1.165) is 24.5 Å². The second kappa shape index (κ2) is 4.75. The summed E-state index contributed by atoms with van der Waals surface area (Å²) >= 11 is 1.37. The maximum Gasteiger partial charge on any atom is 0.323 e. The molecule has 88 valence electrons. The largest absolute Gasteiger partial charge is 0.371 e. The Bertz CT molecular complexity index is 373. The number of ether oxygens (including phenoxy) is 1. The van der Waals surface area contributed by atoms with Gasteiger partial charge in [0.25, 0.3) is 0 Å². The van der Waals surface area contributed by atoms with Gasteiger partial charge in [-0.25, -0.2) is 4.79 Å². The van der Waals surface area contributed by atoms with E-state index in [1.807, 2.05) is 0 Å². The van der Waals surface area contributed by atoms with Gasteiger partial charge in [0.05, 0.1) is 0 Å². The van der Waals surface area contributed by atoms with Crippen molar-refractivity contribution in [3.8, 4) is 0 Å². The highest BCUT2D eigenvalue weighted by atomic mass is 32.1. The lowest BCUT2D eigenvalue weighted by atomic mass is 10.2. The summed E-state index contributed by atoms with van der Waals surface area (Å²) in [6.07, 6.45) is 2.10. The lowest BCUT2D eigenvalue weighted by Crippen LogP contribution is -2.27. The number of aromatic nitrogens is 2. The summed E-state index contributed by atoms with van der Waals surface area (Å²) in [6, 6.07) is -0.199. The van der Waals surface area contributed by atoms with E-state index in [1.165, 1.54) is 16.2 Å². The van der Waals surface area contributed by atoms with E-state index >= 15 is 0 Å². The van der Waals surface area contributed by atoms with Crippen LogP contribution in [0.15, 0.2) is 0 Å². The first-order chi connectivity index (χ1) is 7.66. The molecule has 2 amide bonds. The van der Waals surface area contributed by atoms with Gasteiger partial charge in [-0.15, -0.1) is 10.2 Å². The van der Waals surface area contributed by atoms with Gasteiger partial charge in [-0.1, -0.05) is 11.3 Å². The van der Waals surface area contributed by atoms with E-state index in [2.05, 4.69) is 15.5 Å². The molecule has 16 heavy (non-hydrogen) atoms. The van der Waals surface area contributed by atoms with Gasteiger partial charge in [0, 0.05) is 20.7 Å². The summed E-state index contributed by atoms with van der Waals surface area (Å²) in [5.41, 5.74) is 0. The highest BCUT2D eigenvalue weighted by molar-refractivity contribution is 7.15. The van der Waals surface area contributed by atoms with Gasteiger partial charge in [-0.3, -0.25) is 5.32 Å². The molecule has 1 aromatic heterocycles. The van der Waals surface area contributed by atoms with Crippen molar-refractivity contribution in [3.05, 3.63) is 5.01 Å². The van der Waals surface area contributed by atoms with Crippen LogP contribution in [0.5, 0.6) is 0 Å². The molecule has 1 saturated heterocycles. The fourth-order valence-corrected chi connectivity index (χ4v) is 2.21. The zero-order valence-electron chi connectivity index (χ0n) is 9.27. The summed E-state index contributed by atoms with van der Waals surface area (Å²) < 4.78 is 5.49. The maximum atomic E-state index is 11.4. The topological polar surface area (TPSA) is 67.4 Å². The van der Waals surface area contributed by atoms with Gasteiger partial charge in [0.1, 0.15) is 11.1 Å². The van der Waals surface area contributed by atoms with Crippen LogP contribution in [0.1, 0.15) is 24.0 Å². The molecule has 0 spiro atoms. The minimum atomic E-state index is -0.199. The van der Waals surface area contributed by atoms with E-state index in [1.54, 1.807) is 14.1 Å². The minimum Gasteiger partial charge on any atom is -0.371 e. The monoisotopic (exact) mass is 242 g/mol. The SMILES string of the molecule is CN(C)C(=O)Nc1nnc(C2CCCO2)s1. The van der Waals surface area contributed by atoms with Crippen molar-refractivity contribution in [2.45, 2.75) is 18.9 Å². The van der Waals surface area contributed by atoms with Crippen molar-refractivity contribution in [2.75, 3.05) is 26.0 Å². The van der Waals surface area contributed by atoms with Crippen LogP contribution in [-0.2, 0) is 4.74 Å². The molecule has 7 heteroatoms. The van der Waals surface area contributed by atoms with Crippen LogP contribution in [-0.4, -0.2) is 41.8 Å². The van der Waals surface area contributed by atoms with Gasteiger partial charge in [-0.05, 0) is 12.8 Å². The molecule has 1 atom stereocenters. The first-order valence-electron chi connectivity index (χ1n) is 5.10. The fourth-order valence-electron chi connectivity index (χ4n) is 1.39. The number of nitrogens with zero attached hydrogens (tertiary/aromatic N) is 3. The van der Waals surface area contributed by atoms with Crippen LogP contribution in [0.2, 0.25) is 0 Å². The van der Waals surface area contributed by atoms with E-state index in [9.17, 15) is 4.79 Å². The number of rotatable bonds is 2. The van der Waals surface area contributed by atoms with Crippen LogP contribution in [0.25, 0.3) is 0 Å². The van der Waals surface area contributed by atoms with Crippen molar-refractivity contribution in [2.24, 2.45) is 0 Å². The second-order valence-electron chi connectivity index (χ2n) is 3.77. The molecule has 2 rings (SSSR count). The standard InChI is InChI=1S/C9H14N4O2S/c1-13(2)9(14)10-8-12-11-7(16-8)6-4-3-5-15-6/h6H,3-5H2,1-2H3,(H,10,12,14). The van der Waals surface area contributed by atoms with Crippen LogP contribution in [0, 0.1) is 0 Å². The van der Waals surface area contributed by atoms with Crippen molar-refractivity contribution in [1.82, 2.24) is 15.1 Å². The molecule has 1 aliphatic heterocycles. The van der Waals surface area contributed by atoms with Gasteiger partial charge in [0.15, 0.2) is 0 Å². The summed E-state index contributed by atoms with van der Waals surface area (Å²) in [7, 11) is 3.36. The Labute approximate surface area is 97.6 Å². The summed E-state index contributed by atoms with van der Waals surface area (Å²) in [6.45, 7) is 0.781. The number of urea groups is 1. The number of carbonyl (C=O) groups excluding carboxylic acids is 1. The molecule has 1 aromatic rings. The molecule has 1 unspecified atom stereocenters. The third-order valence-corrected chi connectivity index (χ3v) is 3.20. The Morgan fingerprint density at radius 2 is 2.38 bits per heavy atom. The highest BCUT2D eigenvalue weighted by Gasteiger charge is 2.22. The van der Waals surface area contributed by atoms with E-state index in [0.29, 0.717) is 5.13 Å². The molecule has 0 radical (unpaired) electrons. The Balaban J connectivity index is 1.99. The molecule has 0 aliphatic carbocycles. The van der Waals surface area contributed by atoms with Crippen molar-refractivity contribution >= 4 is 22.5 Å². The Hall–Kier alpha value is -1.21. The van der Waals surface area contributed by atoms with Gasteiger partial charge < -0.3 is 9.64 Å². The Kier molecular flexibility index (Phi) is 3.35. The molecule has 1 N–H and O–H groups in total. The number of hydrogen-bond donors (Lipinski definition) is 1. The number of amides is 2. The summed E-state index contributed by atoms with van der Waals surface area (Å²) in [5, 5.41) is 12.0. The normalized spacial score (nSPS) is 19.8. The molecule has 0 saturated carbocycles. The fraction of sp³-hybridized carbons (Fsp3) is 0.667. The summed E-state index contributed by atoms with van der Waals surface area (Å²) in [4.78, 5) is 12.8. The molecule has 6 nitrogen and oxygen atoms in total. The zero-order valence-corrected chi connectivity index (χ0v) is 10.1. The maximum absolute atomic E-state index is 11.4. The summed E-state index contributed by atoms with van der Waals surface area (Å²) in [5.74, 6) is 0. The Morgan fingerprint density at radius 1 is 1.56 bits per heavy atom. The van der Waals surface area contributed by atoms with Crippen molar-refractivity contribution in [1.29, 1.82) is 0 Å². The van der Waals surface area contributed by atoms with Gasteiger partial charge in [0.2, 0.25) is 5.13 Å². The van der Waals surface area contributed by atoms with Crippen LogP contribution in [0.3, 0.4) is 0 Å². The average Bonchev–Trinajstić information content (AvgIpc) is 2.85. The van der Waals surface area contributed by atoms with E-state index in [4.69, 9.17) is 4.74 Å². The third kappa shape index (κ3) is 2.48. The quantitative estimate of drug-likeness (QED) is 0.853. The third-order valence-electron chi connectivity index (χ3n) is 2.27. The molecule has 0 bridgehead atoms. The van der Waals surface area contributed by atoms with Gasteiger partial charge in [-0.2, -0.15) is 0 Å². The molecule has 1 fully saturated rings. The van der Waals surface area contributed by atoms with Crippen LogP contribution in [0.4, 0.5) is 9.93 Å². The number of hydrogen-bond acceptors (Lipinski definition) is 5. The average molecular weight is 242 g/mol. The number of carbonyl (C=O) groups is 1. The smallest absolute Gasteiger partial charge is 0.323 e. The molecule has 1 aliphatic rings. The molecule has 2 heterocycles. The predicted molar refractivity (Wildman–Crippen MR) is 60.5 cm³/mol. The van der Waals surface area contributed by atoms with Crippen LogP contribution >= 0.6 is 11.3 Å². The Morgan fingerprint density at radius 3 is 3.00 bits per heavy atom. The molecular formula is C9H14N4O2S. The second-order valence-corrected chi connectivity index (χ2v) is 4.78. The lowest BCUT2D eigenvalue weighted by molar-refractivity contribution is 0.111.